The first-order chi connectivity index (χ1) is 10.2. The zero-order valence-corrected chi connectivity index (χ0v) is 12.5. The Balaban J connectivity index is 1.77. The maximum absolute atomic E-state index is 12.4. The molecule has 2 aromatic heterocycles. The average Bonchev–Trinajstić information content (AvgIpc) is 3.20. The van der Waals surface area contributed by atoms with Gasteiger partial charge in [0.25, 0.3) is 5.91 Å². The van der Waals surface area contributed by atoms with Crippen LogP contribution in [0.5, 0.6) is 0 Å². The first-order valence-electron chi connectivity index (χ1n) is 6.82. The van der Waals surface area contributed by atoms with E-state index in [-0.39, 0.29) is 11.9 Å². The summed E-state index contributed by atoms with van der Waals surface area (Å²) in [4.78, 5) is 13.5. The van der Waals surface area contributed by atoms with Crippen molar-refractivity contribution in [2.24, 2.45) is 0 Å². The lowest BCUT2D eigenvalue weighted by Gasteiger charge is -2.13. The summed E-state index contributed by atoms with van der Waals surface area (Å²) in [5.74, 6) is -0.0510. The monoisotopic (exact) mass is 296 g/mol. The molecule has 0 saturated carbocycles. The van der Waals surface area contributed by atoms with E-state index in [9.17, 15) is 4.79 Å². The molecule has 1 N–H and O–H groups in total. The van der Waals surface area contributed by atoms with E-state index in [0.717, 1.165) is 10.6 Å². The van der Waals surface area contributed by atoms with Crippen molar-refractivity contribution < 1.29 is 4.79 Å². The Bertz CT molecular complexity index is 717. The standard InChI is InChI=1S/C17H16N2OS/c1-13(16-8-5-11-21-16)18-17(20)14-6-4-7-15(12-14)19-9-2-3-10-19/h2-13H,1H3,(H,18,20). The van der Waals surface area contributed by atoms with Gasteiger partial charge in [-0.25, -0.2) is 0 Å². The lowest BCUT2D eigenvalue weighted by Crippen LogP contribution is -2.26. The minimum absolute atomic E-state index is 0.0211. The molecule has 0 saturated heterocycles. The SMILES string of the molecule is CC(NC(=O)c1cccc(-n2cccc2)c1)c1cccs1. The van der Waals surface area contributed by atoms with Crippen molar-refractivity contribution in [1.82, 2.24) is 9.88 Å². The second kappa shape index (κ2) is 5.97. The van der Waals surface area contributed by atoms with Gasteiger partial charge >= 0.3 is 0 Å². The van der Waals surface area contributed by atoms with Gasteiger partial charge in [0, 0.05) is 28.5 Å². The van der Waals surface area contributed by atoms with Gasteiger partial charge in [-0.1, -0.05) is 12.1 Å². The summed E-state index contributed by atoms with van der Waals surface area (Å²) in [7, 11) is 0. The molecule has 0 spiro atoms. The van der Waals surface area contributed by atoms with Crippen molar-refractivity contribution in [3.8, 4) is 5.69 Å². The smallest absolute Gasteiger partial charge is 0.251 e. The molecule has 0 bridgehead atoms. The van der Waals surface area contributed by atoms with Crippen LogP contribution in [0.25, 0.3) is 5.69 Å². The van der Waals surface area contributed by atoms with E-state index in [2.05, 4.69) is 5.32 Å². The van der Waals surface area contributed by atoms with Gasteiger partial charge in [0.2, 0.25) is 0 Å². The summed E-state index contributed by atoms with van der Waals surface area (Å²) in [6.07, 6.45) is 3.93. The number of rotatable bonds is 4. The zero-order chi connectivity index (χ0) is 14.7. The van der Waals surface area contributed by atoms with Gasteiger partial charge in [-0.05, 0) is 48.7 Å². The second-order valence-corrected chi connectivity index (χ2v) is 5.83. The molecular formula is C17H16N2OS. The van der Waals surface area contributed by atoms with E-state index >= 15 is 0 Å². The molecule has 2 heterocycles. The number of thiophene rings is 1. The van der Waals surface area contributed by atoms with E-state index in [1.54, 1.807) is 11.3 Å². The summed E-state index contributed by atoms with van der Waals surface area (Å²) >= 11 is 1.65. The van der Waals surface area contributed by atoms with Gasteiger partial charge < -0.3 is 9.88 Å². The van der Waals surface area contributed by atoms with Crippen molar-refractivity contribution in [3.05, 3.63) is 76.7 Å². The average molecular weight is 296 g/mol. The lowest BCUT2D eigenvalue weighted by atomic mass is 10.1. The van der Waals surface area contributed by atoms with E-state index in [0.29, 0.717) is 5.56 Å². The van der Waals surface area contributed by atoms with Crippen LogP contribution >= 0.6 is 11.3 Å². The Labute approximate surface area is 127 Å². The molecule has 4 heteroatoms. The fraction of sp³-hybridized carbons (Fsp3) is 0.118. The zero-order valence-electron chi connectivity index (χ0n) is 11.7. The number of carbonyl (C=O) groups excluding carboxylic acids is 1. The van der Waals surface area contributed by atoms with Gasteiger partial charge in [-0.3, -0.25) is 4.79 Å². The van der Waals surface area contributed by atoms with Gasteiger partial charge in [-0.15, -0.1) is 11.3 Å². The van der Waals surface area contributed by atoms with Crippen molar-refractivity contribution in [1.29, 1.82) is 0 Å². The number of nitrogens with one attached hydrogen (secondary N) is 1. The van der Waals surface area contributed by atoms with Crippen LogP contribution in [-0.2, 0) is 0 Å². The number of aromatic nitrogens is 1. The highest BCUT2D eigenvalue weighted by molar-refractivity contribution is 7.10. The Morgan fingerprint density at radius 2 is 1.95 bits per heavy atom. The minimum Gasteiger partial charge on any atom is -0.345 e. The van der Waals surface area contributed by atoms with Gasteiger partial charge in [0.05, 0.1) is 6.04 Å². The van der Waals surface area contributed by atoms with Crippen LogP contribution < -0.4 is 5.32 Å². The highest BCUT2D eigenvalue weighted by Crippen LogP contribution is 2.19. The number of hydrogen-bond acceptors (Lipinski definition) is 2. The predicted octanol–water partition coefficient (Wildman–Crippen LogP) is 4.03. The first-order valence-corrected chi connectivity index (χ1v) is 7.70. The molecule has 1 unspecified atom stereocenters. The van der Waals surface area contributed by atoms with E-state index in [1.807, 2.05) is 77.8 Å². The van der Waals surface area contributed by atoms with E-state index in [1.165, 1.54) is 0 Å². The van der Waals surface area contributed by atoms with Crippen molar-refractivity contribution in [2.45, 2.75) is 13.0 Å². The van der Waals surface area contributed by atoms with E-state index < -0.39 is 0 Å². The number of amides is 1. The third-order valence-corrected chi connectivity index (χ3v) is 4.38. The molecule has 1 amide bonds. The number of benzene rings is 1. The Kier molecular flexibility index (Phi) is 3.88. The summed E-state index contributed by atoms with van der Waals surface area (Å²) in [5, 5.41) is 5.05. The van der Waals surface area contributed by atoms with Crippen molar-refractivity contribution in [3.63, 3.8) is 0 Å². The molecule has 21 heavy (non-hydrogen) atoms. The molecule has 0 aliphatic carbocycles. The number of nitrogens with zero attached hydrogens (tertiary/aromatic N) is 1. The molecule has 3 nitrogen and oxygen atoms in total. The van der Waals surface area contributed by atoms with Crippen LogP contribution in [0.2, 0.25) is 0 Å². The molecule has 0 radical (unpaired) electrons. The Hall–Kier alpha value is -2.33. The largest absolute Gasteiger partial charge is 0.345 e. The van der Waals surface area contributed by atoms with Crippen LogP contribution in [0.3, 0.4) is 0 Å². The molecule has 0 aliphatic rings. The molecule has 1 atom stereocenters. The maximum atomic E-state index is 12.4. The van der Waals surface area contributed by atoms with E-state index in [4.69, 9.17) is 0 Å². The van der Waals surface area contributed by atoms with Crippen LogP contribution in [0.4, 0.5) is 0 Å². The molecule has 0 aliphatic heterocycles. The third kappa shape index (κ3) is 3.06. The lowest BCUT2D eigenvalue weighted by molar-refractivity contribution is 0.0940. The molecular weight excluding hydrogens is 280 g/mol. The van der Waals surface area contributed by atoms with Crippen molar-refractivity contribution >= 4 is 17.2 Å². The van der Waals surface area contributed by atoms with Crippen LogP contribution in [-0.4, -0.2) is 10.5 Å². The fourth-order valence-corrected chi connectivity index (χ4v) is 2.94. The predicted molar refractivity (Wildman–Crippen MR) is 86.0 cm³/mol. The summed E-state index contributed by atoms with van der Waals surface area (Å²) in [6.45, 7) is 2.00. The highest BCUT2D eigenvalue weighted by atomic mass is 32.1. The fourth-order valence-electron chi connectivity index (χ4n) is 2.20. The molecule has 3 rings (SSSR count). The van der Waals surface area contributed by atoms with Crippen molar-refractivity contribution in [2.75, 3.05) is 0 Å². The van der Waals surface area contributed by atoms with Crippen LogP contribution in [0.15, 0.2) is 66.3 Å². The van der Waals surface area contributed by atoms with Gasteiger partial charge in [-0.2, -0.15) is 0 Å². The number of hydrogen-bond donors (Lipinski definition) is 1. The molecule has 1 aromatic carbocycles. The normalized spacial score (nSPS) is 12.0. The maximum Gasteiger partial charge on any atom is 0.251 e. The minimum atomic E-state index is -0.0510. The quantitative estimate of drug-likeness (QED) is 0.775. The number of carbonyl (C=O) groups is 1. The molecule has 106 valence electrons. The van der Waals surface area contributed by atoms with Gasteiger partial charge in [0.1, 0.15) is 0 Å². The third-order valence-electron chi connectivity index (χ3n) is 3.33. The highest BCUT2D eigenvalue weighted by Gasteiger charge is 2.12. The van der Waals surface area contributed by atoms with Crippen LogP contribution in [0.1, 0.15) is 28.2 Å². The Morgan fingerprint density at radius 1 is 1.14 bits per heavy atom. The molecule has 0 fully saturated rings. The summed E-state index contributed by atoms with van der Waals surface area (Å²) in [5.41, 5.74) is 1.65. The second-order valence-electron chi connectivity index (χ2n) is 4.85. The van der Waals surface area contributed by atoms with Gasteiger partial charge in [0.15, 0.2) is 0 Å². The first kappa shape index (κ1) is 13.6. The summed E-state index contributed by atoms with van der Waals surface area (Å²) in [6, 6.07) is 15.6. The topological polar surface area (TPSA) is 34.0 Å². The molecule has 3 aromatic rings. The van der Waals surface area contributed by atoms with Crippen LogP contribution in [0, 0.1) is 0 Å². The summed E-state index contributed by atoms with van der Waals surface area (Å²) < 4.78 is 1.99. The Morgan fingerprint density at radius 3 is 2.67 bits per heavy atom.